The summed E-state index contributed by atoms with van der Waals surface area (Å²) in [6.45, 7) is 9.42. The molecule has 0 fully saturated rings. The zero-order valence-electron chi connectivity index (χ0n) is 10.5. The Morgan fingerprint density at radius 3 is 2.19 bits per heavy atom. The second-order valence-electron chi connectivity index (χ2n) is 5.49. The van der Waals surface area contributed by atoms with E-state index >= 15 is 0 Å². The molecule has 0 saturated carbocycles. The summed E-state index contributed by atoms with van der Waals surface area (Å²) in [5, 5.41) is 18.7. The van der Waals surface area contributed by atoms with Crippen LogP contribution in [0.2, 0.25) is 0 Å². The summed E-state index contributed by atoms with van der Waals surface area (Å²) in [5.74, 6) is 0. The Bertz CT molecular complexity index is 234. The van der Waals surface area contributed by atoms with Crippen LogP contribution >= 0.6 is 0 Å². The molecule has 0 aromatic heterocycles. The quantitative estimate of drug-likeness (QED) is 0.555. The molecule has 0 aliphatic carbocycles. The number of rotatable bonds is 6. The van der Waals surface area contributed by atoms with Gasteiger partial charge in [-0.15, -0.1) is 10.1 Å². The van der Waals surface area contributed by atoms with Gasteiger partial charge in [0.05, 0.1) is 12.2 Å². The fourth-order valence-corrected chi connectivity index (χ4v) is 0.831. The molecule has 96 valence electrons. The molecule has 0 saturated heterocycles. The Morgan fingerprint density at radius 1 is 1.31 bits per heavy atom. The molecule has 0 rings (SSSR count). The first kappa shape index (κ1) is 15.1. The number of hydrogen-bond donors (Lipinski definition) is 1. The van der Waals surface area contributed by atoms with Crippen molar-refractivity contribution >= 4 is 0 Å². The Balaban J connectivity index is 4.14. The summed E-state index contributed by atoms with van der Waals surface area (Å²) in [4.78, 5) is 14.1. The van der Waals surface area contributed by atoms with Gasteiger partial charge in [-0.05, 0) is 19.3 Å². The summed E-state index contributed by atoms with van der Waals surface area (Å²) in [7, 11) is 0. The van der Waals surface area contributed by atoms with Crippen molar-refractivity contribution in [3.8, 4) is 0 Å². The first-order chi connectivity index (χ1) is 7.04. The van der Waals surface area contributed by atoms with Crippen LogP contribution in [0.15, 0.2) is 0 Å². The molecule has 0 aliphatic rings. The largest absolute Gasteiger partial charge is 0.388 e. The van der Waals surface area contributed by atoms with Crippen molar-refractivity contribution in [1.29, 1.82) is 0 Å². The van der Waals surface area contributed by atoms with Crippen molar-refractivity contribution in [3.63, 3.8) is 0 Å². The molecule has 0 aliphatic heterocycles. The van der Waals surface area contributed by atoms with Crippen LogP contribution in [0.5, 0.6) is 0 Å². The van der Waals surface area contributed by atoms with E-state index in [1.54, 1.807) is 13.8 Å². The number of hydrogen-bond acceptors (Lipinski definition) is 5. The van der Waals surface area contributed by atoms with E-state index in [1.807, 2.05) is 20.8 Å². The number of aliphatic hydroxyl groups excluding tert-OH is 1. The van der Waals surface area contributed by atoms with Crippen molar-refractivity contribution in [2.45, 2.75) is 46.3 Å². The van der Waals surface area contributed by atoms with E-state index in [0.29, 0.717) is 6.61 Å². The van der Waals surface area contributed by atoms with E-state index in [4.69, 9.17) is 4.74 Å². The lowest BCUT2D eigenvalue weighted by molar-refractivity contribution is -0.759. The third-order valence-corrected chi connectivity index (χ3v) is 2.02. The predicted molar refractivity (Wildman–Crippen MR) is 58.4 cm³/mol. The van der Waals surface area contributed by atoms with Crippen LogP contribution < -0.4 is 0 Å². The van der Waals surface area contributed by atoms with Crippen LogP contribution in [0.3, 0.4) is 0 Å². The van der Waals surface area contributed by atoms with Gasteiger partial charge in [0.25, 0.3) is 5.09 Å². The van der Waals surface area contributed by atoms with Crippen molar-refractivity contribution in [3.05, 3.63) is 10.1 Å². The van der Waals surface area contributed by atoms with E-state index in [2.05, 4.69) is 4.84 Å². The SMILES string of the molecule is CC(C)(C)COC(C)(C)C(O)CO[N+](=O)[O-]. The average Bonchev–Trinajstić information content (AvgIpc) is 2.10. The van der Waals surface area contributed by atoms with Crippen molar-refractivity contribution < 1.29 is 19.8 Å². The van der Waals surface area contributed by atoms with Gasteiger partial charge in [-0.1, -0.05) is 20.8 Å². The Morgan fingerprint density at radius 2 is 1.81 bits per heavy atom. The molecule has 0 heterocycles. The minimum Gasteiger partial charge on any atom is -0.388 e. The molecule has 6 nitrogen and oxygen atoms in total. The first-order valence-corrected chi connectivity index (χ1v) is 5.14. The highest BCUT2D eigenvalue weighted by molar-refractivity contribution is 4.79. The molecule has 0 amide bonds. The number of nitrogens with zero attached hydrogens (tertiary/aromatic N) is 1. The molecule has 1 atom stereocenters. The second-order valence-corrected chi connectivity index (χ2v) is 5.49. The van der Waals surface area contributed by atoms with Crippen LogP contribution in [0.4, 0.5) is 0 Å². The third kappa shape index (κ3) is 6.58. The van der Waals surface area contributed by atoms with Crippen LogP contribution in [0.25, 0.3) is 0 Å². The molecule has 0 spiro atoms. The summed E-state index contributed by atoms with van der Waals surface area (Å²) in [6.07, 6.45) is -1.04. The predicted octanol–water partition coefficient (Wildman–Crippen LogP) is 1.40. The van der Waals surface area contributed by atoms with Crippen LogP contribution in [0, 0.1) is 15.5 Å². The van der Waals surface area contributed by atoms with Gasteiger partial charge in [-0.3, -0.25) is 0 Å². The molecule has 0 radical (unpaired) electrons. The lowest BCUT2D eigenvalue weighted by Gasteiger charge is -2.33. The molecule has 6 heteroatoms. The summed E-state index contributed by atoms with van der Waals surface area (Å²) >= 11 is 0. The Labute approximate surface area is 95.7 Å². The lowest BCUT2D eigenvalue weighted by Crippen LogP contribution is -2.44. The maximum absolute atomic E-state index is 9.98. The molecule has 1 N–H and O–H groups in total. The zero-order chi connectivity index (χ0) is 13.0. The molecule has 1 unspecified atom stereocenters. The highest BCUT2D eigenvalue weighted by atomic mass is 17.0. The van der Waals surface area contributed by atoms with Crippen molar-refractivity contribution in [2.75, 3.05) is 13.2 Å². The van der Waals surface area contributed by atoms with Gasteiger partial charge in [0.15, 0.2) is 0 Å². The summed E-state index contributed by atoms with van der Waals surface area (Å²) in [6, 6.07) is 0. The Kier molecular flexibility index (Phi) is 5.15. The highest BCUT2D eigenvalue weighted by Crippen LogP contribution is 2.21. The fourth-order valence-electron chi connectivity index (χ4n) is 0.831. The Hall–Kier alpha value is -0.880. The maximum Gasteiger partial charge on any atom is 0.294 e. The monoisotopic (exact) mass is 235 g/mol. The minimum absolute atomic E-state index is 0.0268. The van der Waals surface area contributed by atoms with Crippen molar-refractivity contribution in [1.82, 2.24) is 0 Å². The van der Waals surface area contributed by atoms with Crippen LogP contribution in [-0.2, 0) is 9.57 Å². The van der Waals surface area contributed by atoms with E-state index in [1.165, 1.54) is 0 Å². The van der Waals surface area contributed by atoms with E-state index < -0.39 is 16.8 Å². The molecular weight excluding hydrogens is 214 g/mol. The number of ether oxygens (including phenoxy) is 1. The molecular formula is C10H21NO5. The van der Waals surface area contributed by atoms with Gasteiger partial charge < -0.3 is 14.7 Å². The van der Waals surface area contributed by atoms with Crippen LogP contribution in [-0.4, -0.2) is 35.1 Å². The van der Waals surface area contributed by atoms with E-state index in [-0.39, 0.29) is 12.0 Å². The topological polar surface area (TPSA) is 81.8 Å². The van der Waals surface area contributed by atoms with Gasteiger partial charge >= 0.3 is 0 Å². The van der Waals surface area contributed by atoms with Gasteiger partial charge in [0.2, 0.25) is 0 Å². The lowest BCUT2D eigenvalue weighted by atomic mass is 9.96. The third-order valence-electron chi connectivity index (χ3n) is 2.02. The van der Waals surface area contributed by atoms with Gasteiger partial charge in [0.1, 0.15) is 12.7 Å². The smallest absolute Gasteiger partial charge is 0.294 e. The first-order valence-electron chi connectivity index (χ1n) is 5.14. The van der Waals surface area contributed by atoms with Crippen molar-refractivity contribution in [2.24, 2.45) is 5.41 Å². The normalized spacial score (nSPS) is 14.6. The van der Waals surface area contributed by atoms with Gasteiger partial charge in [0, 0.05) is 0 Å². The van der Waals surface area contributed by atoms with E-state index in [9.17, 15) is 15.2 Å². The molecule has 0 bridgehead atoms. The van der Waals surface area contributed by atoms with Gasteiger partial charge in [-0.25, -0.2) is 0 Å². The standard InChI is InChI=1S/C10H21NO5/c1-9(2,3)7-15-10(4,5)8(12)6-16-11(13)14/h8,12H,6-7H2,1-5H3. The maximum atomic E-state index is 9.98. The molecule has 16 heavy (non-hydrogen) atoms. The average molecular weight is 235 g/mol. The summed E-state index contributed by atoms with van der Waals surface area (Å²) < 4.78 is 5.54. The number of aliphatic hydroxyl groups is 1. The summed E-state index contributed by atoms with van der Waals surface area (Å²) in [5.41, 5.74) is -0.899. The minimum atomic E-state index is -1.04. The molecule has 0 aromatic rings. The zero-order valence-corrected chi connectivity index (χ0v) is 10.5. The van der Waals surface area contributed by atoms with E-state index in [0.717, 1.165) is 0 Å². The second kappa shape index (κ2) is 5.45. The highest BCUT2D eigenvalue weighted by Gasteiger charge is 2.31. The molecule has 0 aromatic carbocycles. The van der Waals surface area contributed by atoms with Crippen LogP contribution in [0.1, 0.15) is 34.6 Å². The fraction of sp³-hybridized carbons (Fsp3) is 1.00. The van der Waals surface area contributed by atoms with Gasteiger partial charge in [-0.2, -0.15) is 0 Å².